The third kappa shape index (κ3) is 4.14. The first-order valence-corrected chi connectivity index (χ1v) is 12.3. The first-order chi connectivity index (χ1) is 17.2. The quantitative estimate of drug-likeness (QED) is 0.478. The Morgan fingerprint density at radius 2 is 1.63 bits per heavy atom. The number of carbonyl (C=O) groups is 1. The third-order valence-corrected chi connectivity index (χ3v) is 7.52. The van der Waals surface area contributed by atoms with Gasteiger partial charge in [0.1, 0.15) is 0 Å². The van der Waals surface area contributed by atoms with E-state index in [1.165, 1.54) is 16.7 Å². The molecule has 3 aromatic rings. The van der Waals surface area contributed by atoms with E-state index in [-0.39, 0.29) is 30.6 Å². The molecule has 3 aliphatic rings. The van der Waals surface area contributed by atoms with E-state index in [4.69, 9.17) is 9.47 Å². The molecule has 0 N–H and O–H groups in total. The number of allylic oxidation sites excluding steroid dienone is 3. The van der Waals surface area contributed by atoms with Gasteiger partial charge in [0.05, 0.1) is 5.92 Å². The number of amides is 1. The van der Waals surface area contributed by atoms with Gasteiger partial charge in [-0.2, -0.15) is 0 Å². The molecule has 0 saturated heterocycles. The van der Waals surface area contributed by atoms with Crippen molar-refractivity contribution in [2.45, 2.75) is 38.3 Å². The van der Waals surface area contributed by atoms with Crippen LogP contribution in [0.3, 0.4) is 0 Å². The van der Waals surface area contributed by atoms with Crippen LogP contribution in [0.15, 0.2) is 96.6 Å². The van der Waals surface area contributed by atoms with E-state index in [2.05, 4.69) is 78.6 Å². The van der Waals surface area contributed by atoms with Crippen molar-refractivity contribution in [3.8, 4) is 11.5 Å². The SMILES string of the molecule is CC1=CC=CC(c2ccccc2)C1C(=O)N(Cc1ccc2c(c1)OCO2)C1Cc2ccccc2C1. The Hall–Kier alpha value is -3.79. The van der Waals surface area contributed by atoms with Crippen LogP contribution in [0.5, 0.6) is 11.5 Å². The minimum atomic E-state index is -0.222. The van der Waals surface area contributed by atoms with Crippen LogP contribution in [-0.2, 0) is 24.2 Å². The Kier molecular flexibility index (Phi) is 5.65. The van der Waals surface area contributed by atoms with Gasteiger partial charge in [-0.25, -0.2) is 0 Å². The molecule has 1 heterocycles. The van der Waals surface area contributed by atoms with Gasteiger partial charge in [0.15, 0.2) is 11.5 Å². The first-order valence-electron chi connectivity index (χ1n) is 12.3. The highest BCUT2D eigenvalue weighted by Crippen LogP contribution is 2.39. The maximum absolute atomic E-state index is 14.5. The van der Waals surface area contributed by atoms with Crippen molar-refractivity contribution < 1.29 is 14.3 Å². The topological polar surface area (TPSA) is 38.8 Å². The normalized spacial score (nSPS) is 20.4. The van der Waals surface area contributed by atoms with E-state index in [9.17, 15) is 4.79 Å². The number of carbonyl (C=O) groups excluding carboxylic acids is 1. The molecule has 0 aromatic heterocycles. The molecular weight excluding hydrogens is 434 g/mol. The lowest BCUT2D eigenvalue weighted by Gasteiger charge is -2.36. The minimum Gasteiger partial charge on any atom is -0.454 e. The molecule has 0 fully saturated rings. The summed E-state index contributed by atoms with van der Waals surface area (Å²) in [5, 5.41) is 0. The van der Waals surface area contributed by atoms with Crippen LogP contribution in [0.25, 0.3) is 0 Å². The molecule has 1 aliphatic heterocycles. The van der Waals surface area contributed by atoms with Crippen molar-refractivity contribution in [3.63, 3.8) is 0 Å². The molecule has 0 saturated carbocycles. The standard InChI is InChI=1S/C31H29NO3/c1-21-8-7-13-27(23-9-3-2-4-10-23)30(21)31(33)32(26-17-24-11-5-6-12-25(24)18-26)19-22-14-15-28-29(16-22)35-20-34-28/h2-16,26-27,30H,17-20H2,1H3. The summed E-state index contributed by atoms with van der Waals surface area (Å²) < 4.78 is 11.1. The monoisotopic (exact) mass is 463 g/mol. The molecule has 2 aliphatic carbocycles. The zero-order valence-electron chi connectivity index (χ0n) is 19.9. The highest BCUT2D eigenvalue weighted by molar-refractivity contribution is 5.84. The molecule has 6 rings (SSSR count). The number of fused-ring (bicyclic) bond motifs is 2. The zero-order chi connectivity index (χ0) is 23.8. The van der Waals surface area contributed by atoms with E-state index in [1.54, 1.807) is 0 Å². The summed E-state index contributed by atoms with van der Waals surface area (Å²) in [6, 6.07) is 25.1. The molecule has 4 heteroatoms. The summed E-state index contributed by atoms with van der Waals surface area (Å²) in [6.07, 6.45) is 8.11. The van der Waals surface area contributed by atoms with Crippen LogP contribution < -0.4 is 9.47 Å². The maximum atomic E-state index is 14.5. The molecule has 0 bridgehead atoms. The summed E-state index contributed by atoms with van der Waals surface area (Å²) in [7, 11) is 0. The summed E-state index contributed by atoms with van der Waals surface area (Å²) in [4.78, 5) is 16.6. The Morgan fingerprint density at radius 1 is 0.914 bits per heavy atom. The molecule has 0 radical (unpaired) electrons. The highest BCUT2D eigenvalue weighted by atomic mass is 16.7. The van der Waals surface area contributed by atoms with Gasteiger partial charge >= 0.3 is 0 Å². The Morgan fingerprint density at radius 3 is 2.40 bits per heavy atom. The van der Waals surface area contributed by atoms with Crippen molar-refractivity contribution in [1.82, 2.24) is 4.90 Å². The van der Waals surface area contributed by atoms with E-state index in [1.807, 2.05) is 24.3 Å². The summed E-state index contributed by atoms with van der Waals surface area (Å²) in [6.45, 7) is 2.88. The number of hydrogen-bond donors (Lipinski definition) is 0. The molecule has 1 amide bonds. The van der Waals surface area contributed by atoms with Crippen molar-refractivity contribution >= 4 is 5.91 Å². The number of hydrogen-bond acceptors (Lipinski definition) is 3. The van der Waals surface area contributed by atoms with Gasteiger partial charge in [-0.15, -0.1) is 0 Å². The van der Waals surface area contributed by atoms with Gasteiger partial charge in [-0.1, -0.05) is 84.5 Å². The largest absolute Gasteiger partial charge is 0.454 e. The zero-order valence-corrected chi connectivity index (χ0v) is 19.9. The van der Waals surface area contributed by atoms with Crippen LogP contribution in [0.2, 0.25) is 0 Å². The smallest absolute Gasteiger partial charge is 0.231 e. The number of ether oxygens (including phenoxy) is 2. The van der Waals surface area contributed by atoms with Crippen molar-refractivity contribution in [3.05, 3.63) is 119 Å². The first kappa shape index (κ1) is 21.7. The van der Waals surface area contributed by atoms with Crippen LogP contribution in [-0.4, -0.2) is 23.6 Å². The lowest BCUT2D eigenvalue weighted by molar-refractivity contribution is -0.137. The van der Waals surface area contributed by atoms with E-state index < -0.39 is 0 Å². The lowest BCUT2D eigenvalue weighted by Crippen LogP contribution is -2.45. The molecule has 2 atom stereocenters. The van der Waals surface area contributed by atoms with Gasteiger partial charge in [-0.3, -0.25) is 4.79 Å². The predicted octanol–water partition coefficient (Wildman–Crippen LogP) is 5.83. The van der Waals surface area contributed by atoms with E-state index >= 15 is 0 Å². The second-order valence-corrected chi connectivity index (χ2v) is 9.69. The van der Waals surface area contributed by atoms with Gasteiger partial charge < -0.3 is 14.4 Å². The van der Waals surface area contributed by atoms with Crippen LogP contribution in [0, 0.1) is 5.92 Å². The van der Waals surface area contributed by atoms with Gasteiger partial charge in [-0.05, 0) is 54.2 Å². The lowest BCUT2D eigenvalue weighted by atomic mass is 9.77. The fourth-order valence-electron chi connectivity index (χ4n) is 5.71. The molecule has 2 unspecified atom stereocenters. The predicted molar refractivity (Wildman–Crippen MR) is 136 cm³/mol. The van der Waals surface area contributed by atoms with Crippen LogP contribution >= 0.6 is 0 Å². The van der Waals surface area contributed by atoms with Crippen molar-refractivity contribution in [1.29, 1.82) is 0 Å². The number of nitrogens with zero attached hydrogens (tertiary/aromatic N) is 1. The summed E-state index contributed by atoms with van der Waals surface area (Å²) in [5.74, 6) is 1.51. The molecule has 0 spiro atoms. The molecular formula is C31H29NO3. The second kappa shape index (κ2) is 9.10. The van der Waals surface area contributed by atoms with Gasteiger partial charge in [0.25, 0.3) is 0 Å². The summed E-state index contributed by atoms with van der Waals surface area (Å²) in [5.41, 5.74) is 6.03. The highest BCUT2D eigenvalue weighted by Gasteiger charge is 2.38. The molecule has 176 valence electrons. The third-order valence-electron chi connectivity index (χ3n) is 7.52. The van der Waals surface area contributed by atoms with E-state index in [0.29, 0.717) is 6.54 Å². The Bertz CT molecular complexity index is 1280. The average Bonchev–Trinajstić information content (AvgIpc) is 3.54. The fraction of sp³-hybridized carbons (Fsp3) is 0.258. The molecule has 3 aromatic carbocycles. The number of rotatable bonds is 5. The van der Waals surface area contributed by atoms with E-state index in [0.717, 1.165) is 35.5 Å². The Labute approximate surface area is 206 Å². The summed E-state index contributed by atoms with van der Waals surface area (Å²) >= 11 is 0. The minimum absolute atomic E-state index is 0.0248. The number of benzene rings is 3. The fourth-order valence-corrected chi connectivity index (χ4v) is 5.71. The maximum Gasteiger partial charge on any atom is 0.231 e. The van der Waals surface area contributed by atoms with Crippen molar-refractivity contribution in [2.24, 2.45) is 5.92 Å². The van der Waals surface area contributed by atoms with Gasteiger partial charge in [0, 0.05) is 18.5 Å². The van der Waals surface area contributed by atoms with Gasteiger partial charge in [0.2, 0.25) is 12.7 Å². The molecule has 35 heavy (non-hydrogen) atoms. The molecule has 4 nitrogen and oxygen atoms in total. The average molecular weight is 464 g/mol. The van der Waals surface area contributed by atoms with Crippen LogP contribution in [0.4, 0.5) is 0 Å². The van der Waals surface area contributed by atoms with Crippen LogP contribution in [0.1, 0.15) is 35.1 Å². The Balaban J connectivity index is 1.35. The van der Waals surface area contributed by atoms with Crippen molar-refractivity contribution in [2.75, 3.05) is 6.79 Å². The second-order valence-electron chi connectivity index (χ2n) is 9.69.